The Labute approximate surface area is 228 Å². The molecule has 0 aromatic heterocycles. The quantitative estimate of drug-likeness (QED) is 0.214. The summed E-state index contributed by atoms with van der Waals surface area (Å²) in [6.45, 7) is 0.807. The van der Waals surface area contributed by atoms with Crippen LogP contribution in [0.1, 0.15) is 28.3 Å². The van der Waals surface area contributed by atoms with Gasteiger partial charge in [0.05, 0.1) is 6.04 Å². The van der Waals surface area contributed by atoms with E-state index in [0.29, 0.717) is 18.8 Å². The number of nitrogens with one attached hydrogen (secondary N) is 1. The molecule has 0 spiro atoms. The molecule has 0 aliphatic carbocycles. The summed E-state index contributed by atoms with van der Waals surface area (Å²) in [6, 6.07) is 42.8. The van der Waals surface area contributed by atoms with E-state index in [0.717, 1.165) is 28.0 Å². The number of nitrogens with zero attached hydrogens (tertiary/aromatic N) is 1. The number of hydrogen-bond acceptors (Lipinski definition) is 2. The molecule has 2 amide bonds. The molecule has 5 aromatic carbocycles. The number of anilines is 1. The van der Waals surface area contributed by atoms with Crippen LogP contribution in [0.3, 0.4) is 0 Å². The Morgan fingerprint density at radius 3 is 1.87 bits per heavy atom. The third-order valence-corrected chi connectivity index (χ3v) is 6.40. The molecular weight excluding hydrogens is 487 g/mol. The van der Waals surface area contributed by atoms with Crippen molar-refractivity contribution in [2.45, 2.75) is 19.2 Å². The van der Waals surface area contributed by atoms with E-state index < -0.39 is 5.82 Å². The average molecular weight is 517 g/mol. The molecule has 5 rings (SSSR count). The Morgan fingerprint density at radius 1 is 0.692 bits per heavy atom. The molecule has 0 unspecified atom stereocenters. The standard InChI is InChI=1S/C34H29FN2O2/c35-30-17-10-18-31(23-30)36-34(38)37(33(28-13-6-2-7-14-28)29-15-8-3-9-16-29)24-26-19-21-32(22-20-26)39-25-27-11-4-1-5-12-27/h1-23,33H,24-25H2,(H,36,38). The average Bonchev–Trinajstić information content (AvgIpc) is 2.98. The third kappa shape index (κ3) is 6.90. The molecule has 0 atom stereocenters. The summed E-state index contributed by atoms with van der Waals surface area (Å²) in [7, 11) is 0. The molecule has 0 fully saturated rings. The van der Waals surface area contributed by atoms with Gasteiger partial charge < -0.3 is 15.0 Å². The zero-order valence-electron chi connectivity index (χ0n) is 21.4. The van der Waals surface area contributed by atoms with E-state index in [2.05, 4.69) is 5.32 Å². The van der Waals surface area contributed by atoms with Crippen molar-refractivity contribution in [3.8, 4) is 5.75 Å². The fourth-order valence-electron chi connectivity index (χ4n) is 4.49. The number of rotatable bonds is 9. The van der Waals surface area contributed by atoms with Crippen molar-refractivity contribution in [1.82, 2.24) is 4.90 Å². The van der Waals surface area contributed by atoms with Gasteiger partial charge in [-0.3, -0.25) is 0 Å². The number of ether oxygens (including phenoxy) is 1. The number of halogens is 1. The minimum atomic E-state index is -0.409. The van der Waals surface area contributed by atoms with Gasteiger partial charge in [0.2, 0.25) is 0 Å². The number of hydrogen-bond donors (Lipinski definition) is 1. The van der Waals surface area contributed by atoms with Gasteiger partial charge >= 0.3 is 6.03 Å². The second kappa shape index (κ2) is 12.6. The number of urea groups is 1. The van der Waals surface area contributed by atoms with E-state index in [-0.39, 0.29) is 12.1 Å². The predicted molar refractivity (Wildman–Crippen MR) is 153 cm³/mol. The van der Waals surface area contributed by atoms with Crippen molar-refractivity contribution in [3.05, 3.63) is 168 Å². The Kier molecular flexibility index (Phi) is 8.29. The van der Waals surface area contributed by atoms with Crippen LogP contribution >= 0.6 is 0 Å². The fourth-order valence-corrected chi connectivity index (χ4v) is 4.49. The second-order valence-corrected chi connectivity index (χ2v) is 9.21. The number of carbonyl (C=O) groups is 1. The molecular formula is C34H29FN2O2. The van der Waals surface area contributed by atoms with E-state index in [1.165, 1.54) is 12.1 Å². The van der Waals surface area contributed by atoms with Gasteiger partial charge in [-0.15, -0.1) is 0 Å². The van der Waals surface area contributed by atoms with Crippen molar-refractivity contribution in [2.75, 3.05) is 5.32 Å². The molecule has 0 aliphatic heterocycles. The fraction of sp³-hybridized carbons (Fsp3) is 0.0882. The van der Waals surface area contributed by atoms with E-state index in [4.69, 9.17) is 4.74 Å². The highest BCUT2D eigenvalue weighted by Gasteiger charge is 2.27. The maximum Gasteiger partial charge on any atom is 0.322 e. The van der Waals surface area contributed by atoms with E-state index in [9.17, 15) is 9.18 Å². The van der Waals surface area contributed by atoms with Gasteiger partial charge in [0.1, 0.15) is 18.2 Å². The van der Waals surface area contributed by atoms with Crippen LogP contribution in [-0.4, -0.2) is 10.9 Å². The van der Waals surface area contributed by atoms with Gasteiger partial charge in [-0.2, -0.15) is 0 Å². The number of amides is 2. The van der Waals surface area contributed by atoms with Gasteiger partial charge in [-0.1, -0.05) is 109 Å². The van der Waals surface area contributed by atoms with Gasteiger partial charge in [0.15, 0.2) is 0 Å². The molecule has 0 bridgehead atoms. The maximum atomic E-state index is 13.9. The molecule has 0 saturated heterocycles. The molecule has 4 nitrogen and oxygen atoms in total. The third-order valence-electron chi connectivity index (χ3n) is 6.40. The van der Waals surface area contributed by atoms with E-state index >= 15 is 0 Å². The van der Waals surface area contributed by atoms with E-state index in [1.807, 2.05) is 115 Å². The molecule has 0 heterocycles. The summed E-state index contributed by atoms with van der Waals surface area (Å²) in [6.07, 6.45) is 0. The van der Waals surface area contributed by atoms with Crippen LogP contribution in [0, 0.1) is 5.82 Å². The minimum Gasteiger partial charge on any atom is -0.489 e. The maximum absolute atomic E-state index is 13.9. The summed E-state index contributed by atoms with van der Waals surface area (Å²) in [5.41, 5.74) is 4.37. The lowest BCUT2D eigenvalue weighted by Crippen LogP contribution is -2.38. The molecule has 0 radical (unpaired) electrons. The molecule has 39 heavy (non-hydrogen) atoms. The second-order valence-electron chi connectivity index (χ2n) is 9.21. The van der Waals surface area contributed by atoms with Crippen LogP contribution in [0.25, 0.3) is 0 Å². The molecule has 5 heteroatoms. The summed E-state index contributed by atoms with van der Waals surface area (Å²) in [4.78, 5) is 15.6. The highest BCUT2D eigenvalue weighted by Crippen LogP contribution is 2.31. The van der Waals surface area contributed by atoms with Gasteiger partial charge in [-0.05, 0) is 52.6 Å². The SMILES string of the molecule is O=C(Nc1cccc(F)c1)N(Cc1ccc(OCc2ccccc2)cc1)C(c1ccccc1)c1ccccc1. The van der Waals surface area contributed by atoms with Crippen molar-refractivity contribution in [1.29, 1.82) is 0 Å². The van der Waals surface area contributed by atoms with Crippen molar-refractivity contribution < 1.29 is 13.9 Å². The Bertz CT molecular complexity index is 1440. The first-order valence-electron chi connectivity index (χ1n) is 12.8. The van der Waals surface area contributed by atoms with E-state index in [1.54, 1.807) is 17.0 Å². The Morgan fingerprint density at radius 2 is 1.28 bits per heavy atom. The van der Waals surface area contributed by atoms with Gasteiger partial charge in [0.25, 0.3) is 0 Å². The Hall–Kier alpha value is -4.90. The van der Waals surface area contributed by atoms with Crippen LogP contribution in [0.4, 0.5) is 14.9 Å². The van der Waals surface area contributed by atoms with Crippen LogP contribution in [0.5, 0.6) is 5.75 Å². The summed E-state index contributed by atoms with van der Waals surface area (Å²) in [5, 5.41) is 2.90. The summed E-state index contributed by atoms with van der Waals surface area (Å²) in [5.74, 6) is 0.342. The minimum absolute atomic E-state index is 0.328. The largest absolute Gasteiger partial charge is 0.489 e. The van der Waals surface area contributed by atoms with Gasteiger partial charge in [0, 0.05) is 12.2 Å². The summed E-state index contributed by atoms with van der Waals surface area (Å²) < 4.78 is 19.8. The molecule has 0 aliphatic rings. The monoisotopic (exact) mass is 516 g/mol. The smallest absolute Gasteiger partial charge is 0.322 e. The topological polar surface area (TPSA) is 41.6 Å². The zero-order chi connectivity index (χ0) is 26.9. The first-order chi connectivity index (χ1) is 19.2. The highest BCUT2D eigenvalue weighted by molar-refractivity contribution is 5.90. The molecule has 1 N–H and O–H groups in total. The number of carbonyl (C=O) groups excluding carboxylic acids is 1. The van der Waals surface area contributed by atoms with Crippen LogP contribution < -0.4 is 10.1 Å². The first kappa shape index (κ1) is 25.7. The lowest BCUT2D eigenvalue weighted by Gasteiger charge is -2.33. The predicted octanol–water partition coefficient (Wildman–Crippen LogP) is 8.23. The summed E-state index contributed by atoms with van der Waals surface area (Å²) >= 11 is 0. The molecule has 0 saturated carbocycles. The normalized spacial score (nSPS) is 10.7. The van der Waals surface area contributed by atoms with Gasteiger partial charge in [-0.25, -0.2) is 9.18 Å². The highest BCUT2D eigenvalue weighted by atomic mass is 19.1. The lowest BCUT2D eigenvalue weighted by atomic mass is 9.96. The van der Waals surface area contributed by atoms with Crippen LogP contribution in [0.15, 0.2) is 140 Å². The first-order valence-corrected chi connectivity index (χ1v) is 12.8. The van der Waals surface area contributed by atoms with Crippen molar-refractivity contribution in [3.63, 3.8) is 0 Å². The molecule has 194 valence electrons. The lowest BCUT2D eigenvalue weighted by molar-refractivity contribution is 0.194. The van der Waals surface area contributed by atoms with Crippen molar-refractivity contribution in [2.24, 2.45) is 0 Å². The number of benzene rings is 5. The zero-order valence-corrected chi connectivity index (χ0v) is 21.4. The Balaban J connectivity index is 1.43. The van der Waals surface area contributed by atoms with Crippen molar-refractivity contribution >= 4 is 11.7 Å². The van der Waals surface area contributed by atoms with Crippen LogP contribution in [0.2, 0.25) is 0 Å². The molecule has 5 aromatic rings. The van der Waals surface area contributed by atoms with Crippen LogP contribution in [-0.2, 0) is 13.2 Å².